The fourth-order valence-corrected chi connectivity index (χ4v) is 3.97. The zero-order chi connectivity index (χ0) is 14.4. The number of halogens is 3. The van der Waals surface area contributed by atoms with E-state index in [1.807, 2.05) is 0 Å². The quantitative estimate of drug-likeness (QED) is 0.825. The van der Waals surface area contributed by atoms with Gasteiger partial charge in [0, 0.05) is 11.0 Å². The third-order valence-corrected chi connectivity index (χ3v) is 5.94. The second kappa shape index (κ2) is 5.01. The van der Waals surface area contributed by atoms with E-state index < -0.39 is 32.7 Å². The van der Waals surface area contributed by atoms with Gasteiger partial charge in [-0.25, -0.2) is 12.8 Å². The molecule has 0 bridgehead atoms. The first-order chi connectivity index (χ1) is 8.75. The van der Waals surface area contributed by atoms with Crippen molar-refractivity contribution in [3.8, 4) is 0 Å². The molecular weight excluding hydrogens is 365 g/mol. The highest BCUT2D eigenvalue weighted by atomic mass is 79.9. The maximum Gasteiger partial charge on any atom is 0.322 e. The second-order valence-electron chi connectivity index (χ2n) is 3.96. The Labute approximate surface area is 122 Å². The van der Waals surface area contributed by atoms with Crippen molar-refractivity contribution in [3.05, 3.63) is 27.4 Å². The smallest absolute Gasteiger partial charge is 0.322 e. The number of carboxylic acid groups (broad SMARTS) is 1. The van der Waals surface area contributed by atoms with Crippen molar-refractivity contribution >= 4 is 43.5 Å². The molecule has 1 aromatic rings. The molecule has 9 heteroatoms. The number of benzene rings is 1. The largest absolute Gasteiger partial charge is 0.480 e. The Hall–Kier alpha value is -0.700. The molecule has 0 aliphatic carbocycles. The molecule has 1 aromatic carbocycles. The molecule has 1 heterocycles. The number of carbonyl (C=O) groups is 1. The summed E-state index contributed by atoms with van der Waals surface area (Å²) < 4.78 is 39.0. The van der Waals surface area contributed by atoms with E-state index in [2.05, 4.69) is 15.9 Å². The lowest BCUT2D eigenvalue weighted by atomic mass is 10.1. The maximum atomic E-state index is 13.7. The van der Waals surface area contributed by atoms with Gasteiger partial charge in [0.2, 0.25) is 10.0 Å². The van der Waals surface area contributed by atoms with Gasteiger partial charge in [0.05, 0.1) is 5.02 Å². The van der Waals surface area contributed by atoms with Crippen LogP contribution in [0.3, 0.4) is 0 Å². The van der Waals surface area contributed by atoms with Crippen LogP contribution in [0.2, 0.25) is 5.02 Å². The summed E-state index contributed by atoms with van der Waals surface area (Å²) in [7, 11) is -4.19. The van der Waals surface area contributed by atoms with Gasteiger partial charge in [-0.3, -0.25) is 4.79 Å². The summed E-state index contributed by atoms with van der Waals surface area (Å²) in [5.41, 5.74) is 0. The summed E-state index contributed by atoms with van der Waals surface area (Å²) in [6.07, 6.45) is 0.209. The third kappa shape index (κ3) is 2.49. The fourth-order valence-electron chi connectivity index (χ4n) is 1.73. The first-order valence-corrected chi connectivity index (χ1v) is 7.75. The fraction of sp³-hybridized carbons (Fsp3) is 0.300. The van der Waals surface area contributed by atoms with Crippen molar-refractivity contribution in [1.82, 2.24) is 4.31 Å². The van der Waals surface area contributed by atoms with Gasteiger partial charge in [0.25, 0.3) is 0 Å². The van der Waals surface area contributed by atoms with Crippen LogP contribution in [0, 0.1) is 5.82 Å². The Balaban J connectivity index is 2.46. The number of hydrogen-bond donors (Lipinski definition) is 1. The lowest BCUT2D eigenvalue weighted by molar-refractivity contribution is -0.144. The van der Waals surface area contributed by atoms with Gasteiger partial charge in [-0.2, -0.15) is 4.31 Å². The van der Waals surface area contributed by atoms with Crippen LogP contribution in [-0.2, 0) is 14.8 Å². The van der Waals surface area contributed by atoms with E-state index in [9.17, 15) is 17.6 Å². The van der Waals surface area contributed by atoms with Crippen LogP contribution in [0.15, 0.2) is 21.5 Å². The zero-order valence-corrected chi connectivity index (χ0v) is 12.5. The minimum atomic E-state index is -4.19. The summed E-state index contributed by atoms with van der Waals surface area (Å²) >= 11 is 8.72. The molecular formula is C10H8BrClFNO4S. The van der Waals surface area contributed by atoms with Gasteiger partial charge >= 0.3 is 5.97 Å². The minimum absolute atomic E-state index is 0.0346. The Morgan fingerprint density at radius 2 is 2.16 bits per heavy atom. The van der Waals surface area contributed by atoms with E-state index in [1.165, 1.54) is 0 Å². The molecule has 1 fully saturated rings. The monoisotopic (exact) mass is 371 g/mol. The standard InChI is InChI=1S/C10H8BrClFNO4S/c11-5-3-7(13)9(4-6(5)12)19(17,18)14-2-1-8(14)10(15)16/h3-4,8H,1-2H2,(H,15,16)/t8-/m0/s1. The van der Waals surface area contributed by atoms with Gasteiger partial charge in [0.1, 0.15) is 16.8 Å². The van der Waals surface area contributed by atoms with Crippen LogP contribution in [0.25, 0.3) is 0 Å². The normalized spacial score (nSPS) is 20.1. The summed E-state index contributed by atoms with van der Waals surface area (Å²) in [6.45, 7) is 0.0480. The minimum Gasteiger partial charge on any atom is -0.480 e. The van der Waals surface area contributed by atoms with Crippen molar-refractivity contribution < 1.29 is 22.7 Å². The third-order valence-electron chi connectivity index (χ3n) is 2.82. The molecule has 0 unspecified atom stereocenters. The number of sulfonamides is 1. The first kappa shape index (κ1) is 14.7. The summed E-state index contributed by atoms with van der Waals surface area (Å²) in [4.78, 5) is 10.2. The molecule has 0 spiro atoms. The van der Waals surface area contributed by atoms with Crippen LogP contribution in [-0.4, -0.2) is 36.4 Å². The lowest BCUT2D eigenvalue weighted by Crippen LogP contribution is -2.55. The Kier molecular flexibility index (Phi) is 3.87. The SMILES string of the molecule is O=C(O)[C@@H]1CCN1S(=O)(=O)c1cc(Cl)c(Br)cc1F. The molecule has 1 N–H and O–H groups in total. The zero-order valence-electron chi connectivity index (χ0n) is 9.31. The molecule has 0 amide bonds. The van der Waals surface area contributed by atoms with Gasteiger partial charge < -0.3 is 5.11 Å². The van der Waals surface area contributed by atoms with E-state index >= 15 is 0 Å². The molecule has 1 atom stereocenters. The highest BCUT2D eigenvalue weighted by Crippen LogP contribution is 2.33. The lowest BCUT2D eigenvalue weighted by Gasteiger charge is -2.36. The average molecular weight is 373 g/mol. The van der Waals surface area contributed by atoms with E-state index in [0.29, 0.717) is 0 Å². The summed E-state index contributed by atoms with van der Waals surface area (Å²) in [5, 5.41) is 8.88. The van der Waals surface area contributed by atoms with E-state index in [-0.39, 0.29) is 22.5 Å². The van der Waals surface area contributed by atoms with Crippen molar-refractivity contribution in [3.63, 3.8) is 0 Å². The molecule has 0 radical (unpaired) electrons. The molecule has 1 aliphatic rings. The molecule has 2 rings (SSSR count). The number of rotatable bonds is 3. The highest BCUT2D eigenvalue weighted by Gasteiger charge is 2.44. The number of aliphatic carboxylic acids is 1. The molecule has 0 saturated carbocycles. The van der Waals surface area contributed by atoms with Crippen LogP contribution in [0.4, 0.5) is 4.39 Å². The predicted octanol–water partition coefficient (Wildman–Crippen LogP) is 2.09. The molecule has 0 aromatic heterocycles. The average Bonchev–Trinajstić information content (AvgIpc) is 2.19. The summed E-state index contributed by atoms with van der Waals surface area (Å²) in [5.74, 6) is -2.23. The predicted molar refractivity (Wildman–Crippen MR) is 69.0 cm³/mol. The van der Waals surface area contributed by atoms with Crippen LogP contribution < -0.4 is 0 Å². The Morgan fingerprint density at radius 3 is 2.63 bits per heavy atom. The van der Waals surface area contributed by atoms with Gasteiger partial charge in [-0.15, -0.1) is 0 Å². The number of hydrogen-bond acceptors (Lipinski definition) is 3. The van der Waals surface area contributed by atoms with Crippen LogP contribution in [0.5, 0.6) is 0 Å². The maximum absolute atomic E-state index is 13.7. The van der Waals surface area contributed by atoms with E-state index in [0.717, 1.165) is 16.4 Å². The number of nitrogens with zero attached hydrogens (tertiary/aromatic N) is 1. The van der Waals surface area contributed by atoms with Crippen molar-refractivity contribution in [2.45, 2.75) is 17.4 Å². The molecule has 19 heavy (non-hydrogen) atoms. The Bertz CT molecular complexity index is 651. The van der Waals surface area contributed by atoms with Crippen molar-refractivity contribution in [2.24, 2.45) is 0 Å². The van der Waals surface area contributed by atoms with E-state index in [1.54, 1.807) is 0 Å². The first-order valence-electron chi connectivity index (χ1n) is 5.14. The highest BCUT2D eigenvalue weighted by molar-refractivity contribution is 9.10. The molecule has 104 valence electrons. The van der Waals surface area contributed by atoms with Crippen LogP contribution >= 0.6 is 27.5 Å². The molecule has 1 saturated heterocycles. The molecule has 5 nitrogen and oxygen atoms in total. The topological polar surface area (TPSA) is 74.7 Å². The number of carboxylic acids is 1. The van der Waals surface area contributed by atoms with E-state index in [4.69, 9.17) is 16.7 Å². The van der Waals surface area contributed by atoms with Gasteiger partial charge in [0.15, 0.2) is 0 Å². The van der Waals surface area contributed by atoms with Gasteiger partial charge in [-0.1, -0.05) is 11.6 Å². The second-order valence-corrected chi connectivity index (χ2v) is 7.08. The van der Waals surface area contributed by atoms with Crippen molar-refractivity contribution in [2.75, 3.05) is 6.54 Å². The van der Waals surface area contributed by atoms with Crippen molar-refractivity contribution in [1.29, 1.82) is 0 Å². The van der Waals surface area contributed by atoms with Gasteiger partial charge in [-0.05, 0) is 34.5 Å². The Morgan fingerprint density at radius 1 is 1.53 bits per heavy atom. The summed E-state index contributed by atoms with van der Waals surface area (Å²) in [6, 6.07) is 0.755. The van der Waals surface area contributed by atoms with Crippen LogP contribution in [0.1, 0.15) is 6.42 Å². The molecule has 1 aliphatic heterocycles.